The molecule has 1 aromatic carbocycles. The molecule has 0 saturated heterocycles. The summed E-state index contributed by atoms with van der Waals surface area (Å²) in [4.78, 5) is 16.3. The summed E-state index contributed by atoms with van der Waals surface area (Å²) < 4.78 is 0.561. The van der Waals surface area contributed by atoms with Crippen molar-refractivity contribution in [2.24, 2.45) is 0 Å². The van der Waals surface area contributed by atoms with Crippen molar-refractivity contribution in [3.05, 3.63) is 63.4 Å². The summed E-state index contributed by atoms with van der Waals surface area (Å²) in [6.45, 7) is 6.09. The molecule has 1 aromatic heterocycles. The summed E-state index contributed by atoms with van der Waals surface area (Å²) in [5, 5.41) is 3.01. The van der Waals surface area contributed by atoms with Crippen molar-refractivity contribution in [3.8, 4) is 0 Å². The van der Waals surface area contributed by atoms with Crippen molar-refractivity contribution in [2.45, 2.75) is 26.8 Å². The molecule has 0 spiro atoms. The molecule has 1 heterocycles. The predicted molar refractivity (Wildman–Crippen MR) is 83.7 cm³/mol. The fraction of sp³-hybridized carbons (Fsp3) is 0.250. The highest BCUT2D eigenvalue weighted by atomic mass is 79.9. The average Bonchev–Trinajstić information content (AvgIpc) is 2.41. The Labute approximate surface area is 127 Å². The first-order valence-corrected chi connectivity index (χ1v) is 7.27. The summed E-state index contributed by atoms with van der Waals surface area (Å²) in [5.41, 5.74) is 4.05. The lowest BCUT2D eigenvalue weighted by Crippen LogP contribution is -2.27. The van der Waals surface area contributed by atoms with Crippen molar-refractivity contribution >= 4 is 21.8 Å². The van der Waals surface area contributed by atoms with Crippen LogP contribution in [0, 0.1) is 13.8 Å². The molecule has 1 atom stereocenters. The highest BCUT2D eigenvalue weighted by molar-refractivity contribution is 9.10. The molecular weight excluding hydrogens is 316 g/mol. The van der Waals surface area contributed by atoms with Crippen LogP contribution in [0.5, 0.6) is 0 Å². The van der Waals surface area contributed by atoms with Crippen LogP contribution in [-0.2, 0) is 0 Å². The number of carbonyl (C=O) groups excluding carboxylic acids is 1. The van der Waals surface area contributed by atoms with E-state index in [4.69, 9.17) is 0 Å². The van der Waals surface area contributed by atoms with Crippen LogP contribution in [0.1, 0.15) is 40.0 Å². The van der Waals surface area contributed by atoms with Gasteiger partial charge in [-0.15, -0.1) is 0 Å². The number of nitrogens with one attached hydrogen (secondary N) is 1. The van der Waals surface area contributed by atoms with Crippen LogP contribution < -0.4 is 5.32 Å². The molecule has 1 N–H and O–H groups in total. The summed E-state index contributed by atoms with van der Waals surface area (Å²) >= 11 is 3.30. The number of hydrogen-bond donors (Lipinski definition) is 1. The van der Waals surface area contributed by atoms with Gasteiger partial charge in [0.25, 0.3) is 5.91 Å². The summed E-state index contributed by atoms with van der Waals surface area (Å²) in [6.07, 6.45) is 1.65. The molecule has 0 saturated carbocycles. The van der Waals surface area contributed by atoms with E-state index in [0.29, 0.717) is 10.2 Å². The van der Waals surface area contributed by atoms with E-state index in [2.05, 4.69) is 58.3 Å². The molecule has 0 bridgehead atoms. The van der Waals surface area contributed by atoms with Crippen molar-refractivity contribution < 1.29 is 4.79 Å². The molecule has 0 radical (unpaired) electrons. The number of amides is 1. The van der Waals surface area contributed by atoms with Crippen LogP contribution in [0.4, 0.5) is 0 Å². The zero-order valence-electron chi connectivity index (χ0n) is 11.8. The van der Waals surface area contributed by atoms with Gasteiger partial charge in [0.15, 0.2) is 0 Å². The fourth-order valence-corrected chi connectivity index (χ4v) is 2.56. The van der Waals surface area contributed by atoms with Gasteiger partial charge in [-0.25, -0.2) is 4.98 Å². The molecule has 20 heavy (non-hydrogen) atoms. The Hall–Kier alpha value is -1.68. The number of aryl methyl sites for hydroxylation is 2. The van der Waals surface area contributed by atoms with Crippen LogP contribution in [0.3, 0.4) is 0 Å². The number of carbonyl (C=O) groups is 1. The predicted octanol–water partition coefficient (Wildman–Crippen LogP) is 3.95. The minimum Gasteiger partial charge on any atom is -0.345 e. The van der Waals surface area contributed by atoms with Gasteiger partial charge in [0.2, 0.25) is 0 Å². The Morgan fingerprint density at radius 2 is 2.05 bits per heavy atom. The van der Waals surface area contributed by atoms with E-state index in [1.165, 1.54) is 11.1 Å². The molecule has 4 heteroatoms. The smallest absolute Gasteiger partial charge is 0.254 e. The second-order valence-corrected chi connectivity index (χ2v) is 5.65. The highest BCUT2D eigenvalue weighted by Gasteiger charge is 2.15. The van der Waals surface area contributed by atoms with Gasteiger partial charge in [-0.05, 0) is 60.0 Å². The van der Waals surface area contributed by atoms with Gasteiger partial charge >= 0.3 is 0 Å². The Balaban J connectivity index is 2.19. The van der Waals surface area contributed by atoms with E-state index in [-0.39, 0.29) is 11.9 Å². The maximum atomic E-state index is 12.3. The molecule has 3 nitrogen and oxygen atoms in total. The molecular formula is C16H17BrN2O. The van der Waals surface area contributed by atoms with Gasteiger partial charge in [0, 0.05) is 6.20 Å². The van der Waals surface area contributed by atoms with Crippen molar-refractivity contribution in [2.75, 3.05) is 0 Å². The Bertz CT molecular complexity index is 640. The maximum Gasteiger partial charge on any atom is 0.254 e. The standard InChI is InChI=1S/C16H17BrN2O/c1-10-6-7-11(2)14(9-10)12(3)19-16(20)13-5-4-8-18-15(13)17/h4-9,12H,1-3H3,(H,19,20). The normalized spacial score (nSPS) is 12.0. The Morgan fingerprint density at radius 1 is 1.30 bits per heavy atom. The summed E-state index contributed by atoms with van der Waals surface area (Å²) in [6, 6.07) is 9.72. The highest BCUT2D eigenvalue weighted by Crippen LogP contribution is 2.20. The van der Waals surface area contributed by atoms with E-state index in [0.717, 1.165) is 5.56 Å². The first-order valence-electron chi connectivity index (χ1n) is 6.47. The third-order valence-corrected chi connectivity index (χ3v) is 3.88. The van der Waals surface area contributed by atoms with Crippen LogP contribution >= 0.6 is 15.9 Å². The van der Waals surface area contributed by atoms with Gasteiger partial charge < -0.3 is 5.32 Å². The van der Waals surface area contributed by atoms with Crippen molar-refractivity contribution in [1.29, 1.82) is 0 Å². The lowest BCUT2D eigenvalue weighted by molar-refractivity contribution is 0.0938. The fourth-order valence-electron chi connectivity index (χ4n) is 2.13. The number of aromatic nitrogens is 1. The number of halogens is 1. The number of benzene rings is 1. The van der Waals surface area contributed by atoms with Crippen LogP contribution in [0.2, 0.25) is 0 Å². The third kappa shape index (κ3) is 3.25. The number of hydrogen-bond acceptors (Lipinski definition) is 2. The van der Waals surface area contributed by atoms with Crippen LogP contribution in [-0.4, -0.2) is 10.9 Å². The van der Waals surface area contributed by atoms with Crippen LogP contribution in [0.25, 0.3) is 0 Å². The number of pyridine rings is 1. The lowest BCUT2D eigenvalue weighted by atomic mass is 10.00. The quantitative estimate of drug-likeness (QED) is 0.864. The SMILES string of the molecule is Cc1ccc(C)c(C(C)NC(=O)c2cccnc2Br)c1. The number of rotatable bonds is 3. The molecule has 0 aliphatic heterocycles. The average molecular weight is 333 g/mol. The lowest BCUT2D eigenvalue weighted by Gasteiger charge is -2.17. The monoisotopic (exact) mass is 332 g/mol. The second-order valence-electron chi connectivity index (χ2n) is 4.90. The second kappa shape index (κ2) is 6.18. The van der Waals surface area contributed by atoms with Gasteiger partial charge in [-0.1, -0.05) is 23.8 Å². The van der Waals surface area contributed by atoms with E-state index >= 15 is 0 Å². The summed E-state index contributed by atoms with van der Waals surface area (Å²) in [7, 11) is 0. The zero-order chi connectivity index (χ0) is 14.7. The van der Waals surface area contributed by atoms with E-state index in [1.807, 2.05) is 6.92 Å². The van der Waals surface area contributed by atoms with Crippen LogP contribution in [0.15, 0.2) is 41.1 Å². The Morgan fingerprint density at radius 3 is 2.75 bits per heavy atom. The van der Waals surface area contributed by atoms with E-state index < -0.39 is 0 Å². The number of nitrogens with zero attached hydrogens (tertiary/aromatic N) is 1. The largest absolute Gasteiger partial charge is 0.345 e. The molecule has 104 valence electrons. The molecule has 1 amide bonds. The maximum absolute atomic E-state index is 12.3. The van der Waals surface area contributed by atoms with E-state index in [1.54, 1.807) is 18.3 Å². The van der Waals surface area contributed by atoms with Gasteiger partial charge in [-0.3, -0.25) is 4.79 Å². The first-order chi connectivity index (χ1) is 9.49. The molecule has 1 unspecified atom stereocenters. The van der Waals surface area contributed by atoms with Crippen molar-refractivity contribution in [3.63, 3.8) is 0 Å². The van der Waals surface area contributed by atoms with E-state index in [9.17, 15) is 4.79 Å². The third-order valence-electron chi connectivity index (χ3n) is 3.25. The molecule has 0 aliphatic carbocycles. The Kier molecular flexibility index (Phi) is 4.55. The minimum atomic E-state index is -0.126. The molecule has 2 aromatic rings. The zero-order valence-corrected chi connectivity index (χ0v) is 13.4. The minimum absolute atomic E-state index is 0.0468. The molecule has 0 aliphatic rings. The molecule has 0 fully saturated rings. The van der Waals surface area contributed by atoms with Crippen molar-refractivity contribution in [1.82, 2.24) is 10.3 Å². The topological polar surface area (TPSA) is 42.0 Å². The van der Waals surface area contributed by atoms with Gasteiger partial charge in [-0.2, -0.15) is 0 Å². The van der Waals surface area contributed by atoms with Gasteiger partial charge in [0.1, 0.15) is 4.60 Å². The first kappa shape index (κ1) is 14.7. The summed E-state index contributed by atoms with van der Waals surface area (Å²) in [5.74, 6) is -0.126. The van der Waals surface area contributed by atoms with Gasteiger partial charge in [0.05, 0.1) is 11.6 Å². The molecule has 2 rings (SSSR count).